The van der Waals surface area contributed by atoms with E-state index >= 15 is 0 Å². The maximum atomic E-state index is 12.7. The van der Waals surface area contributed by atoms with Gasteiger partial charge in [-0.15, -0.1) is 0 Å². The third-order valence-electron chi connectivity index (χ3n) is 5.43. The molecule has 190 valence electrons. The van der Waals surface area contributed by atoms with Crippen LogP contribution in [-0.4, -0.2) is 47.6 Å². The summed E-state index contributed by atoms with van der Waals surface area (Å²) in [6.45, 7) is 0. The molecule has 0 aliphatic carbocycles. The second kappa shape index (κ2) is 12.2. The maximum Gasteiger partial charge on any atom is 0.321 e. The van der Waals surface area contributed by atoms with Crippen molar-refractivity contribution in [3.05, 3.63) is 72.1 Å². The third-order valence-corrected chi connectivity index (χ3v) is 6.92. The van der Waals surface area contributed by atoms with Crippen molar-refractivity contribution in [2.75, 3.05) is 0 Å². The molecule has 1 heterocycles. The number of sulfonamides is 1. The summed E-state index contributed by atoms with van der Waals surface area (Å²) < 4.78 is 32.7. The van der Waals surface area contributed by atoms with Crippen molar-refractivity contribution in [3.8, 4) is 11.1 Å². The first-order valence-corrected chi connectivity index (χ1v) is 12.7. The summed E-state index contributed by atoms with van der Waals surface area (Å²) in [5.74, 6) is -2.19. The lowest BCUT2D eigenvalue weighted by atomic mass is 10.1. The number of carbonyl (C=O) groups is 3. The molecule has 0 bridgehead atoms. The topological polar surface area (TPSA) is 164 Å². The van der Waals surface area contributed by atoms with Gasteiger partial charge < -0.3 is 14.7 Å². The van der Waals surface area contributed by atoms with Crippen LogP contribution in [0.1, 0.15) is 37.1 Å². The van der Waals surface area contributed by atoms with Gasteiger partial charge in [-0.2, -0.15) is 4.72 Å². The van der Waals surface area contributed by atoms with Crippen molar-refractivity contribution < 1.29 is 37.5 Å². The Labute approximate surface area is 208 Å². The van der Waals surface area contributed by atoms with E-state index in [2.05, 4.69) is 9.88 Å². The van der Waals surface area contributed by atoms with Gasteiger partial charge in [-0.05, 0) is 29.7 Å². The number of carboxylic acid groups (broad SMARTS) is 2. The number of rotatable bonds is 14. The lowest BCUT2D eigenvalue weighted by molar-refractivity contribution is -0.139. The Morgan fingerprint density at radius 1 is 0.889 bits per heavy atom. The number of ketones is 1. The molecule has 1 aromatic heterocycles. The van der Waals surface area contributed by atoms with E-state index in [0.717, 1.165) is 11.1 Å². The van der Waals surface area contributed by atoms with Crippen molar-refractivity contribution in [2.24, 2.45) is 0 Å². The monoisotopic (exact) mass is 514 g/mol. The molecule has 0 radical (unpaired) electrons. The zero-order valence-electron chi connectivity index (χ0n) is 19.3. The van der Waals surface area contributed by atoms with Crippen LogP contribution in [0.4, 0.5) is 0 Å². The van der Waals surface area contributed by atoms with Gasteiger partial charge in [0.15, 0.2) is 0 Å². The maximum absolute atomic E-state index is 12.7. The molecule has 3 aromatic rings. The first-order chi connectivity index (χ1) is 17.1. The van der Waals surface area contributed by atoms with Crippen LogP contribution in [0.5, 0.6) is 0 Å². The molecule has 0 spiro atoms. The molecular weight excluding hydrogens is 488 g/mol. The minimum atomic E-state index is -4.12. The Hall–Kier alpha value is -3.83. The van der Waals surface area contributed by atoms with E-state index in [1.807, 2.05) is 30.3 Å². The molecule has 11 heteroatoms. The van der Waals surface area contributed by atoms with Gasteiger partial charge in [0.25, 0.3) is 0 Å². The number of hydrogen-bond donors (Lipinski definition) is 3. The van der Waals surface area contributed by atoms with Crippen molar-refractivity contribution in [1.29, 1.82) is 0 Å². The second-order valence-electron chi connectivity index (χ2n) is 8.16. The molecule has 0 saturated heterocycles. The predicted molar refractivity (Wildman–Crippen MR) is 129 cm³/mol. The number of aliphatic carboxylic acids is 2. The highest BCUT2D eigenvalue weighted by atomic mass is 32.2. The Kier molecular flexibility index (Phi) is 9.09. The van der Waals surface area contributed by atoms with Gasteiger partial charge in [0.1, 0.15) is 17.6 Å². The van der Waals surface area contributed by atoms with Gasteiger partial charge in [-0.1, -0.05) is 47.6 Å². The van der Waals surface area contributed by atoms with E-state index < -0.39 is 28.0 Å². The summed E-state index contributed by atoms with van der Waals surface area (Å²) in [6, 6.07) is 15.6. The van der Waals surface area contributed by atoms with E-state index in [1.165, 1.54) is 12.1 Å². The highest BCUT2D eigenvalue weighted by Crippen LogP contribution is 2.21. The summed E-state index contributed by atoms with van der Waals surface area (Å²) in [5.41, 5.74) is 2.20. The molecule has 36 heavy (non-hydrogen) atoms. The number of benzene rings is 2. The van der Waals surface area contributed by atoms with Crippen LogP contribution in [0.15, 0.2) is 70.1 Å². The Balaban J connectivity index is 1.53. The Morgan fingerprint density at radius 2 is 1.56 bits per heavy atom. The summed E-state index contributed by atoms with van der Waals surface area (Å²) in [7, 11) is -4.12. The van der Waals surface area contributed by atoms with Crippen LogP contribution in [0.25, 0.3) is 11.1 Å². The molecule has 3 N–H and O–H groups in total. The van der Waals surface area contributed by atoms with Gasteiger partial charge in [0.2, 0.25) is 10.0 Å². The van der Waals surface area contributed by atoms with E-state index in [1.54, 1.807) is 18.2 Å². The van der Waals surface area contributed by atoms with Crippen LogP contribution in [0.3, 0.4) is 0 Å². The smallest absolute Gasteiger partial charge is 0.321 e. The Bertz CT molecular complexity index is 1300. The van der Waals surface area contributed by atoms with Crippen LogP contribution in [0.2, 0.25) is 0 Å². The molecule has 0 amide bonds. The number of nitrogens with one attached hydrogen (secondary N) is 1. The van der Waals surface area contributed by atoms with E-state index in [9.17, 15) is 27.9 Å². The zero-order chi connectivity index (χ0) is 26.1. The Morgan fingerprint density at radius 3 is 2.19 bits per heavy atom. The molecule has 10 nitrogen and oxygen atoms in total. The molecule has 0 aliphatic rings. The van der Waals surface area contributed by atoms with Gasteiger partial charge >= 0.3 is 11.9 Å². The third kappa shape index (κ3) is 7.85. The minimum Gasteiger partial charge on any atom is -0.481 e. The summed E-state index contributed by atoms with van der Waals surface area (Å²) in [6.07, 6.45) is 0.0304. The van der Waals surface area contributed by atoms with Gasteiger partial charge in [0.05, 0.1) is 17.0 Å². The summed E-state index contributed by atoms with van der Waals surface area (Å²) >= 11 is 0. The average molecular weight is 515 g/mol. The van der Waals surface area contributed by atoms with Gasteiger partial charge in [0, 0.05) is 31.7 Å². The number of hydrogen-bond acceptors (Lipinski definition) is 7. The van der Waals surface area contributed by atoms with Crippen molar-refractivity contribution in [2.45, 2.75) is 49.5 Å². The predicted octanol–water partition coefficient (Wildman–Crippen LogP) is 3.07. The highest BCUT2D eigenvalue weighted by Gasteiger charge is 2.26. The van der Waals surface area contributed by atoms with E-state index in [4.69, 9.17) is 9.63 Å². The van der Waals surface area contributed by atoms with Gasteiger partial charge in [-0.25, -0.2) is 8.42 Å². The first-order valence-electron chi connectivity index (χ1n) is 11.2. The fourth-order valence-electron chi connectivity index (χ4n) is 3.46. The highest BCUT2D eigenvalue weighted by molar-refractivity contribution is 7.89. The average Bonchev–Trinajstić information content (AvgIpc) is 3.32. The van der Waals surface area contributed by atoms with Crippen molar-refractivity contribution in [1.82, 2.24) is 9.88 Å². The van der Waals surface area contributed by atoms with Crippen molar-refractivity contribution >= 4 is 27.7 Å². The van der Waals surface area contributed by atoms with E-state index in [0.29, 0.717) is 11.5 Å². The van der Waals surface area contributed by atoms with Crippen LogP contribution < -0.4 is 4.72 Å². The van der Waals surface area contributed by atoms with Crippen LogP contribution in [0, 0.1) is 0 Å². The van der Waals surface area contributed by atoms with E-state index in [-0.39, 0.29) is 49.2 Å². The molecule has 0 fully saturated rings. The lowest BCUT2D eigenvalue weighted by Crippen LogP contribution is -2.41. The van der Waals surface area contributed by atoms with Crippen LogP contribution >= 0.6 is 0 Å². The minimum absolute atomic E-state index is 0.0492. The number of nitrogens with zero attached hydrogens (tertiary/aromatic N) is 1. The lowest BCUT2D eigenvalue weighted by Gasteiger charge is -2.15. The summed E-state index contributed by atoms with van der Waals surface area (Å²) in [4.78, 5) is 34.4. The number of carboxylic acids is 2. The molecule has 3 rings (SSSR count). The quantitative estimate of drug-likeness (QED) is 0.293. The number of aromatic nitrogens is 1. The molecule has 2 aromatic carbocycles. The molecule has 0 saturated carbocycles. The SMILES string of the molecule is O=C(O)CCc1cc(CCC(=O)CC[C@H](NS(=O)(=O)c2ccc(-c3ccccc3)cc2)C(=O)O)on1. The first kappa shape index (κ1) is 26.8. The van der Waals surface area contributed by atoms with Crippen molar-refractivity contribution in [3.63, 3.8) is 0 Å². The normalized spacial score (nSPS) is 12.2. The standard InChI is InChI=1S/C25H26N2O8S/c28-20(9-11-21-16-19(26-35-21)8-15-24(29)30)10-14-23(25(31)32)27-36(33,34)22-12-6-18(7-13-22)17-4-2-1-3-5-17/h1-7,12-13,16,23,27H,8-11,14-15H2,(H,29,30)(H,31,32)/t23-/m0/s1. The molecule has 1 atom stereocenters. The largest absolute Gasteiger partial charge is 0.481 e. The fourth-order valence-corrected chi connectivity index (χ4v) is 4.69. The van der Waals surface area contributed by atoms with Gasteiger partial charge in [-0.3, -0.25) is 14.4 Å². The second-order valence-corrected chi connectivity index (χ2v) is 9.87. The number of carbonyl (C=O) groups excluding carboxylic acids is 1. The number of aryl methyl sites for hydroxylation is 2. The molecular formula is C25H26N2O8S. The van der Waals surface area contributed by atoms with Crippen LogP contribution in [-0.2, 0) is 37.2 Å². The zero-order valence-corrected chi connectivity index (χ0v) is 20.1. The molecule has 0 unspecified atom stereocenters. The summed E-state index contributed by atoms with van der Waals surface area (Å²) in [5, 5.41) is 21.9. The number of Topliss-reactive ketones (excluding diaryl/α,β-unsaturated/α-hetero) is 1. The fraction of sp³-hybridized carbons (Fsp3) is 0.280. The molecule has 0 aliphatic heterocycles.